The quantitative estimate of drug-likeness (QED) is 0.618. The van der Waals surface area contributed by atoms with Crippen molar-refractivity contribution in [3.8, 4) is 11.4 Å². The first-order chi connectivity index (χ1) is 12.8. The molecule has 0 bridgehead atoms. The van der Waals surface area contributed by atoms with Crippen LogP contribution in [0.2, 0.25) is 0 Å². The standard InChI is InChI=1S/C20H24N4O2S/c1-12-5-7-16(8-6-12)19-22-23-20(27)24(19)10-9-18(25)21-14(3)17-11-13(2)26-15(17)4/h5-8,11,14H,9-10H2,1-4H3,(H,21,25)(H,23,27). The highest BCUT2D eigenvalue weighted by Crippen LogP contribution is 2.22. The Morgan fingerprint density at radius 1 is 1.30 bits per heavy atom. The predicted octanol–water partition coefficient (Wildman–Crippen LogP) is 4.39. The van der Waals surface area contributed by atoms with E-state index in [1.54, 1.807) is 0 Å². The molecular weight excluding hydrogens is 360 g/mol. The summed E-state index contributed by atoms with van der Waals surface area (Å²) in [6, 6.07) is 9.92. The van der Waals surface area contributed by atoms with E-state index in [-0.39, 0.29) is 11.9 Å². The van der Waals surface area contributed by atoms with Gasteiger partial charge in [-0.25, -0.2) is 0 Å². The maximum Gasteiger partial charge on any atom is 0.222 e. The minimum absolute atomic E-state index is 0.0429. The van der Waals surface area contributed by atoms with Crippen LogP contribution >= 0.6 is 12.2 Å². The van der Waals surface area contributed by atoms with Crippen LogP contribution in [0.1, 0.15) is 42.0 Å². The maximum absolute atomic E-state index is 12.4. The van der Waals surface area contributed by atoms with E-state index < -0.39 is 0 Å². The van der Waals surface area contributed by atoms with E-state index in [9.17, 15) is 4.79 Å². The first-order valence-electron chi connectivity index (χ1n) is 8.93. The number of nitrogens with one attached hydrogen (secondary N) is 2. The summed E-state index contributed by atoms with van der Waals surface area (Å²) >= 11 is 5.34. The molecule has 1 atom stereocenters. The minimum atomic E-state index is -0.108. The molecule has 0 saturated carbocycles. The fourth-order valence-corrected chi connectivity index (χ4v) is 3.36. The summed E-state index contributed by atoms with van der Waals surface area (Å²) in [7, 11) is 0. The van der Waals surface area contributed by atoms with Crippen molar-refractivity contribution in [2.75, 3.05) is 0 Å². The summed E-state index contributed by atoms with van der Waals surface area (Å²) in [5.74, 6) is 2.37. The highest BCUT2D eigenvalue weighted by molar-refractivity contribution is 7.71. The number of aryl methyl sites for hydroxylation is 3. The Morgan fingerprint density at radius 2 is 2.00 bits per heavy atom. The summed E-state index contributed by atoms with van der Waals surface area (Å²) < 4.78 is 7.91. The normalized spacial score (nSPS) is 12.1. The van der Waals surface area contributed by atoms with Crippen molar-refractivity contribution in [3.05, 3.63) is 57.8 Å². The summed E-state index contributed by atoms with van der Waals surface area (Å²) in [6.07, 6.45) is 0.312. The number of H-pyrrole nitrogens is 1. The Hall–Kier alpha value is -2.67. The lowest BCUT2D eigenvalue weighted by Gasteiger charge is -2.14. The highest BCUT2D eigenvalue weighted by atomic mass is 32.1. The van der Waals surface area contributed by atoms with Crippen molar-refractivity contribution in [1.82, 2.24) is 20.1 Å². The van der Waals surface area contributed by atoms with Gasteiger partial charge in [-0.05, 0) is 46.0 Å². The van der Waals surface area contributed by atoms with Gasteiger partial charge >= 0.3 is 0 Å². The average Bonchev–Trinajstić information content (AvgIpc) is 3.15. The second kappa shape index (κ2) is 7.92. The lowest BCUT2D eigenvalue weighted by Crippen LogP contribution is -2.27. The molecule has 0 radical (unpaired) electrons. The van der Waals surface area contributed by atoms with Crippen LogP contribution in [-0.2, 0) is 11.3 Å². The molecule has 0 aliphatic rings. The van der Waals surface area contributed by atoms with Crippen molar-refractivity contribution in [2.45, 2.75) is 46.7 Å². The van der Waals surface area contributed by atoms with Gasteiger partial charge in [-0.2, -0.15) is 5.10 Å². The Kier molecular flexibility index (Phi) is 5.60. The van der Waals surface area contributed by atoms with Crippen molar-refractivity contribution in [1.29, 1.82) is 0 Å². The predicted molar refractivity (Wildman–Crippen MR) is 107 cm³/mol. The Bertz CT molecular complexity index is 998. The van der Waals surface area contributed by atoms with Gasteiger partial charge in [0, 0.05) is 24.1 Å². The SMILES string of the molecule is Cc1ccc(-c2n[nH]c(=S)n2CCC(=O)NC(C)c2cc(C)oc2C)cc1. The number of rotatable bonds is 6. The van der Waals surface area contributed by atoms with Gasteiger partial charge in [0.05, 0.1) is 6.04 Å². The fraction of sp³-hybridized carbons (Fsp3) is 0.350. The second-order valence-electron chi connectivity index (χ2n) is 6.78. The Morgan fingerprint density at radius 3 is 2.63 bits per heavy atom. The molecule has 0 fully saturated rings. The lowest BCUT2D eigenvalue weighted by atomic mass is 10.1. The number of aromatic nitrogens is 3. The molecular formula is C20H24N4O2S. The molecule has 0 saturated heterocycles. The zero-order valence-corrected chi connectivity index (χ0v) is 16.8. The van der Waals surface area contributed by atoms with Gasteiger partial charge in [0.1, 0.15) is 11.5 Å². The third kappa shape index (κ3) is 4.36. The van der Waals surface area contributed by atoms with Crippen LogP contribution in [0.4, 0.5) is 0 Å². The molecule has 0 aliphatic heterocycles. The summed E-state index contributed by atoms with van der Waals surface area (Å²) in [6.45, 7) is 8.26. The molecule has 2 N–H and O–H groups in total. The topological polar surface area (TPSA) is 75.8 Å². The van der Waals surface area contributed by atoms with Crippen molar-refractivity contribution < 1.29 is 9.21 Å². The molecule has 6 nitrogen and oxygen atoms in total. The van der Waals surface area contributed by atoms with Crippen molar-refractivity contribution >= 4 is 18.1 Å². The van der Waals surface area contributed by atoms with E-state index in [4.69, 9.17) is 16.6 Å². The van der Waals surface area contributed by atoms with E-state index in [0.717, 1.165) is 28.5 Å². The maximum atomic E-state index is 12.4. The summed E-state index contributed by atoms with van der Waals surface area (Å²) in [4.78, 5) is 12.4. The fourth-order valence-electron chi connectivity index (χ4n) is 3.13. The molecule has 2 aromatic heterocycles. The number of furan rings is 1. The number of carbonyl (C=O) groups is 1. The number of aromatic amines is 1. The molecule has 2 heterocycles. The van der Waals surface area contributed by atoms with Crippen LogP contribution in [0.15, 0.2) is 34.7 Å². The number of benzene rings is 1. The number of carbonyl (C=O) groups excluding carboxylic acids is 1. The number of hydrogen-bond acceptors (Lipinski definition) is 4. The zero-order chi connectivity index (χ0) is 19.6. The molecule has 1 aromatic carbocycles. The zero-order valence-electron chi connectivity index (χ0n) is 16.0. The molecule has 1 amide bonds. The van der Waals surface area contributed by atoms with Crippen LogP contribution < -0.4 is 5.32 Å². The largest absolute Gasteiger partial charge is 0.466 e. The van der Waals surface area contributed by atoms with E-state index >= 15 is 0 Å². The van der Waals surface area contributed by atoms with E-state index in [0.29, 0.717) is 17.7 Å². The van der Waals surface area contributed by atoms with Crippen LogP contribution in [-0.4, -0.2) is 20.7 Å². The van der Waals surface area contributed by atoms with Gasteiger partial charge in [-0.3, -0.25) is 14.5 Å². The smallest absolute Gasteiger partial charge is 0.222 e. The van der Waals surface area contributed by atoms with E-state index in [1.807, 2.05) is 62.6 Å². The van der Waals surface area contributed by atoms with Gasteiger partial charge in [0.15, 0.2) is 10.6 Å². The monoisotopic (exact) mass is 384 g/mol. The first-order valence-corrected chi connectivity index (χ1v) is 9.34. The van der Waals surface area contributed by atoms with E-state index in [1.165, 1.54) is 5.56 Å². The van der Waals surface area contributed by atoms with Crippen molar-refractivity contribution in [2.24, 2.45) is 0 Å². The number of amides is 1. The number of nitrogens with zero attached hydrogens (tertiary/aromatic N) is 2. The second-order valence-corrected chi connectivity index (χ2v) is 7.16. The van der Waals surface area contributed by atoms with Gasteiger partial charge in [0.25, 0.3) is 0 Å². The van der Waals surface area contributed by atoms with Gasteiger partial charge in [-0.1, -0.05) is 29.8 Å². The molecule has 142 valence electrons. The summed E-state index contributed by atoms with van der Waals surface area (Å²) in [5.41, 5.74) is 3.14. The molecule has 3 aromatic rings. The molecule has 0 spiro atoms. The van der Waals surface area contributed by atoms with Crippen LogP contribution in [0.5, 0.6) is 0 Å². The highest BCUT2D eigenvalue weighted by Gasteiger charge is 2.16. The first kappa shape index (κ1) is 19.1. The van der Waals surface area contributed by atoms with Gasteiger partial charge in [0.2, 0.25) is 5.91 Å². The van der Waals surface area contributed by atoms with Gasteiger partial charge < -0.3 is 9.73 Å². The minimum Gasteiger partial charge on any atom is -0.466 e. The molecule has 3 rings (SSSR count). The molecule has 0 aliphatic carbocycles. The van der Waals surface area contributed by atoms with Crippen LogP contribution in [0, 0.1) is 25.5 Å². The van der Waals surface area contributed by atoms with Crippen LogP contribution in [0.25, 0.3) is 11.4 Å². The lowest BCUT2D eigenvalue weighted by molar-refractivity contribution is -0.121. The van der Waals surface area contributed by atoms with E-state index in [2.05, 4.69) is 15.5 Å². The summed E-state index contributed by atoms with van der Waals surface area (Å²) in [5, 5.41) is 10.2. The number of hydrogen-bond donors (Lipinski definition) is 2. The third-order valence-electron chi connectivity index (χ3n) is 4.55. The van der Waals surface area contributed by atoms with Crippen molar-refractivity contribution in [3.63, 3.8) is 0 Å². The third-order valence-corrected chi connectivity index (χ3v) is 4.87. The van der Waals surface area contributed by atoms with Crippen LogP contribution in [0.3, 0.4) is 0 Å². The average molecular weight is 385 g/mol. The van der Waals surface area contributed by atoms with Gasteiger partial charge in [-0.15, -0.1) is 0 Å². The molecule has 7 heteroatoms. The molecule has 1 unspecified atom stereocenters. The Labute approximate surface area is 163 Å². The molecule has 27 heavy (non-hydrogen) atoms. The Balaban J connectivity index is 1.67.